The van der Waals surface area contributed by atoms with Crippen molar-refractivity contribution in [3.05, 3.63) is 29.8 Å². The Kier molecular flexibility index (Phi) is 4.80. The maximum atomic E-state index is 12.1. The van der Waals surface area contributed by atoms with Gasteiger partial charge in [0.05, 0.1) is 13.5 Å². The van der Waals surface area contributed by atoms with Gasteiger partial charge in [-0.15, -0.1) is 0 Å². The fourth-order valence-electron chi connectivity index (χ4n) is 2.62. The fourth-order valence-corrected chi connectivity index (χ4v) is 2.62. The van der Waals surface area contributed by atoms with Gasteiger partial charge < -0.3 is 15.8 Å². The van der Waals surface area contributed by atoms with Crippen LogP contribution in [0, 0.1) is 0 Å². The van der Waals surface area contributed by atoms with Crippen molar-refractivity contribution in [1.82, 2.24) is 5.32 Å². The van der Waals surface area contributed by atoms with Crippen molar-refractivity contribution in [2.24, 2.45) is 5.73 Å². The molecule has 0 aliphatic heterocycles. The molecule has 1 aromatic carbocycles. The summed E-state index contributed by atoms with van der Waals surface area (Å²) in [5.41, 5.74) is 6.95. The van der Waals surface area contributed by atoms with Crippen LogP contribution < -0.4 is 15.8 Å². The zero-order valence-corrected chi connectivity index (χ0v) is 11.4. The van der Waals surface area contributed by atoms with E-state index >= 15 is 0 Å². The number of nitrogens with one attached hydrogen (secondary N) is 1. The van der Waals surface area contributed by atoms with Crippen molar-refractivity contribution in [3.63, 3.8) is 0 Å². The second-order valence-corrected chi connectivity index (χ2v) is 5.11. The van der Waals surface area contributed by atoms with Crippen LogP contribution in [-0.2, 0) is 11.2 Å². The molecule has 2 rings (SSSR count). The Labute approximate surface area is 114 Å². The molecule has 1 aliphatic rings. The number of hydrogen-bond acceptors (Lipinski definition) is 3. The van der Waals surface area contributed by atoms with E-state index in [1.165, 1.54) is 6.42 Å². The molecule has 1 amide bonds. The van der Waals surface area contributed by atoms with Gasteiger partial charge >= 0.3 is 0 Å². The van der Waals surface area contributed by atoms with Gasteiger partial charge in [-0.25, -0.2) is 0 Å². The molecule has 4 heteroatoms. The number of para-hydroxylation sites is 1. The minimum absolute atomic E-state index is 0.0202. The molecule has 3 N–H and O–H groups in total. The van der Waals surface area contributed by atoms with Gasteiger partial charge in [0, 0.05) is 17.6 Å². The van der Waals surface area contributed by atoms with Gasteiger partial charge in [0.2, 0.25) is 5.91 Å². The normalized spacial score (nSPS) is 22.8. The Morgan fingerprint density at radius 3 is 2.84 bits per heavy atom. The molecule has 0 aromatic heterocycles. The van der Waals surface area contributed by atoms with Crippen LogP contribution in [0.4, 0.5) is 0 Å². The van der Waals surface area contributed by atoms with Gasteiger partial charge in [-0.1, -0.05) is 31.0 Å². The van der Waals surface area contributed by atoms with E-state index in [1.54, 1.807) is 7.11 Å². The highest BCUT2D eigenvalue weighted by Gasteiger charge is 2.23. The molecule has 19 heavy (non-hydrogen) atoms. The van der Waals surface area contributed by atoms with Crippen LogP contribution in [0.5, 0.6) is 5.75 Å². The smallest absolute Gasteiger partial charge is 0.224 e. The van der Waals surface area contributed by atoms with Crippen LogP contribution in [-0.4, -0.2) is 25.1 Å². The summed E-state index contributed by atoms with van der Waals surface area (Å²) in [4.78, 5) is 12.1. The average Bonchev–Trinajstić information content (AvgIpc) is 2.42. The monoisotopic (exact) mass is 262 g/mol. The largest absolute Gasteiger partial charge is 0.496 e. The minimum atomic E-state index is 0.0202. The molecule has 0 bridgehead atoms. The molecule has 1 aromatic rings. The van der Waals surface area contributed by atoms with E-state index in [0.29, 0.717) is 6.42 Å². The Hall–Kier alpha value is -1.55. The molecular weight excluding hydrogens is 240 g/mol. The van der Waals surface area contributed by atoms with E-state index < -0.39 is 0 Å². The summed E-state index contributed by atoms with van der Waals surface area (Å²) in [6, 6.07) is 7.81. The lowest BCUT2D eigenvalue weighted by Crippen LogP contribution is -2.49. The molecule has 0 spiro atoms. The van der Waals surface area contributed by atoms with Gasteiger partial charge in [-0.3, -0.25) is 4.79 Å². The highest BCUT2D eigenvalue weighted by molar-refractivity contribution is 5.79. The maximum absolute atomic E-state index is 12.1. The molecule has 104 valence electrons. The third kappa shape index (κ3) is 3.70. The van der Waals surface area contributed by atoms with Crippen LogP contribution in [0.2, 0.25) is 0 Å². The van der Waals surface area contributed by atoms with Gasteiger partial charge in [0.15, 0.2) is 0 Å². The van der Waals surface area contributed by atoms with Crippen molar-refractivity contribution in [3.8, 4) is 5.75 Å². The zero-order valence-electron chi connectivity index (χ0n) is 11.4. The number of amides is 1. The number of hydrogen-bond donors (Lipinski definition) is 2. The van der Waals surface area contributed by atoms with Crippen LogP contribution in [0.25, 0.3) is 0 Å². The third-order valence-electron chi connectivity index (χ3n) is 3.71. The van der Waals surface area contributed by atoms with Gasteiger partial charge in [0.1, 0.15) is 5.75 Å². The number of nitrogens with two attached hydrogens (primary N) is 1. The lowest BCUT2D eigenvalue weighted by Gasteiger charge is -2.29. The number of carbonyl (C=O) groups excluding carboxylic acids is 1. The Morgan fingerprint density at radius 1 is 1.37 bits per heavy atom. The average molecular weight is 262 g/mol. The number of methoxy groups -OCH3 is 1. The summed E-state index contributed by atoms with van der Waals surface area (Å²) in [5, 5.41) is 3.05. The SMILES string of the molecule is COc1ccccc1CC(=O)N[C@@H]1CCCC[C@H]1N. The van der Waals surface area contributed by atoms with Gasteiger partial charge in [0.25, 0.3) is 0 Å². The van der Waals surface area contributed by atoms with E-state index in [-0.39, 0.29) is 18.0 Å². The molecular formula is C15H22N2O2. The zero-order chi connectivity index (χ0) is 13.7. The summed E-state index contributed by atoms with van der Waals surface area (Å²) in [5.74, 6) is 0.775. The molecule has 2 atom stereocenters. The van der Waals surface area contributed by atoms with E-state index in [1.807, 2.05) is 24.3 Å². The lowest BCUT2D eigenvalue weighted by atomic mass is 9.91. The standard InChI is InChI=1S/C15H22N2O2/c1-19-14-9-5-2-6-11(14)10-15(18)17-13-8-4-3-7-12(13)16/h2,5-6,9,12-13H,3-4,7-8,10,16H2,1H3,(H,17,18)/t12-,13-/m1/s1. The van der Waals surface area contributed by atoms with E-state index in [0.717, 1.165) is 30.6 Å². The number of ether oxygens (including phenoxy) is 1. The van der Waals surface area contributed by atoms with E-state index in [4.69, 9.17) is 10.5 Å². The Bertz CT molecular complexity index is 434. The minimum Gasteiger partial charge on any atom is -0.496 e. The summed E-state index contributed by atoms with van der Waals surface area (Å²) >= 11 is 0. The summed E-state index contributed by atoms with van der Waals surface area (Å²) in [6.45, 7) is 0. The number of rotatable bonds is 4. The fraction of sp³-hybridized carbons (Fsp3) is 0.533. The number of benzene rings is 1. The van der Waals surface area contributed by atoms with Crippen molar-refractivity contribution < 1.29 is 9.53 Å². The lowest BCUT2D eigenvalue weighted by molar-refractivity contribution is -0.121. The summed E-state index contributed by atoms with van der Waals surface area (Å²) < 4.78 is 5.25. The second-order valence-electron chi connectivity index (χ2n) is 5.11. The van der Waals surface area contributed by atoms with Gasteiger partial charge in [-0.05, 0) is 18.9 Å². The molecule has 0 unspecified atom stereocenters. The Balaban J connectivity index is 1.93. The highest BCUT2D eigenvalue weighted by Crippen LogP contribution is 2.19. The first-order valence-electron chi connectivity index (χ1n) is 6.87. The molecule has 4 nitrogen and oxygen atoms in total. The molecule has 1 saturated carbocycles. The summed E-state index contributed by atoms with van der Waals surface area (Å²) in [7, 11) is 1.62. The second kappa shape index (κ2) is 6.57. The molecule has 1 fully saturated rings. The van der Waals surface area contributed by atoms with Gasteiger partial charge in [-0.2, -0.15) is 0 Å². The van der Waals surface area contributed by atoms with E-state index in [9.17, 15) is 4.79 Å². The molecule has 1 aliphatic carbocycles. The van der Waals surface area contributed by atoms with Crippen LogP contribution >= 0.6 is 0 Å². The van der Waals surface area contributed by atoms with Crippen molar-refractivity contribution >= 4 is 5.91 Å². The third-order valence-corrected chi connectivity index (χ3v) is 3.71. The van der Waals surface area contributed by atoms with Crippen LogP contribution in [0.1, 0.15) is 31.2 Å². The first-order chi connectivity index (χ1) is 9.20. The first-order valence-corrected chi connectivity index (χ1v) is 6.87. The van der Waals surface area contributed by atoms with Crippen LogP contribution in [0.3, 0.4) is 0 Å². The maximum Gasteiger partial charge on any atom is 0.224 e. The highest BCUT2D eigenvalue weighted by atomic mass is 16.5. The Morgan fingerprint density at radius 2 is 2.11 bits per heavy atom. The molecule has 0 radical (unpaired) electrons. The topological polar surface area (TPSA) is 64.3 Å². The predicted molar refractivity (Wildman–Crippen MR) is 75.1 cm³/mol. The van der Waals surface area contributed by atoms with Crippen molar-refractivity contribution in [1.29, 1.82) is 0 Å². The first kappa shape index (κ1) is 13.9. The van der Waals surface area contributed by atoms with E-state index in [2.05, 4.69) is 5.32 Å². The van der Waals surface area contributed by atoms with Crippen LogP contribution in [0.15, 0.2) is 24.3 Å². The molecule has 0 heterocycles. The quantitative estimate of drug-likeness (QED) is 0.866. The number of carbonyl (C=O) groups is 1. The molecule has 0 saturated heterocycles. The van der Waals surface area contributed by atoms with Crippen molar-refractivity contribution in [2.45, 2.75) is 44.2 Å². The predicted octanol–water partition coefficient (Wildman–Crippen LogP) is 1.62. The summed E-state index contributed by atoms with van der Waals surface area (Å²) in [6.07, 6.45) is 4.64. The van der Waals surface area contributed by atoms with Crippen molar-refractivity contribution in [2.75, 3.05) is 7.11 Å².